The number of hydrogen-bond acceptors (Lipinski definition) is 5. The molecule has 9 heteroatoms. The Hall–Kier alpha value is -3.98. The Morgan fingerprint density at radius 3 is 2.49 bits per heavy atom. The van der Waals surface area contributed by atoms with Crippen molar-refractivity contribution >= 4 is 22.6 Å². The van der Waals surface area contributed by atoms with Crippen LogP contribution in [0.25, 0.3) is 22.2 Å². The molecule has 41 heavy (non-hydrogen) atoms. The van der Waals surface area contributed by atoms with Gasteiger partial charge in [-0.15, -0.1) is 0 Å². The van der Waals surface area contributed by atoms with Crippen LogP contribution in [0.2, 0.25) is 0 Å². The van der Waals surface area contributed by atoms with Gasteiger partial charge in [0.05, 0.1) is 22.3 Å². The molecule has 2 saturated heterocycles. The van der Waals surface area contributed by atoms with E-state index in [9.17, 15) is 18.0 Å². The van der Waals surface area contributed by atoms with E-state index in [-0.39, 0.29) is 18.5 Å². The van der Waals surface area contributed by atoms with Crippen molar-refractivity contribution in [3.63, 3.8) is 0 Å². The second-order valence-corrected chi connectivity index (χ2v) is 10.9. The fourth-order valence-electron chi connectivity index (χ4n) is 5.90. The molecule has 0 radical (unpaired) electrons. The number of carbonyl (C=O) groups excluding carboxylic acids is 1. The highest BCUT2D eigenvalue weighted by molar-refractivity contribution is 6.08. The van der Waals surface area contributed by atoms with Crippen LogP contribution in [-0.2, 0) is 12.7 Å². The van der Waals surface area contributed by atoms with Crippen molar-refractivity contribution in [2.75, 3.05) is 31.5 Å². The van der Waals surface area contributed by atoms with E-state index in [1.54, 1.807) is 12.3 Å². The van der Waals surface area contributed by atoms with Crippen LogP contribution in [-0.4, -0.2) is 57.9 Å². The molecule has 0 saturated carbocycles. The molecule has 212 valence electrons. The first kappa shape index (κ1) is 27.2. The molecule has 2 aromatic carbocycles. The minimum atomic E-state index is -4.38. The molecule has 0 unspecified atom stereocenters. The van der Waals surface area contributed by atoms with Crippen LogP contribution in [0.4, 0.5) is 19.0 Å². The van der Waals surface area contributed by atoms with Gasteiger partial charge in [0.15, 0.2) is 0 Å². The first-order valence-corrected chi connectivity index (χ1v) is 14.1. The predicted octanol–water partition coefficient (Wildman–Crippen LogP) is 6.63. The van der Waals surface area contributed by atoms with Gasteiger partial charge in [-0.05, 0) is 86.8 Å². The highest BCUT2D eigenvalue weighted by atomic mass is 19.4. The summed E-state index contributed by atoms with van der Waals surface area (Å²) in [7, 11) is 0. The van der Waals surface area contributed by atoms with Crippen LogP contribution in [0.5, 0.6) is 0 Å². The Kier molecular flexibility index (Phi) is 7.62. The Labute approximate surface area is 237 Å². The molecular formula is C32H32F3N5O. The Morgan fingerprint density at radius 1 is 0.951 bits per heavy atom. The number of likely N-dealkylation sites (tertiary alicyclic amines) is 2. The number of anilines is 1. The number of rotatable bonds is 7. The van der Waals surface area contributed by atoms with E-state index < -0.39 is 11.7 Å². The molecule has 1 N–H and O–H groups in total. The number of nitrogens with zero attached hydrogens (tertiary/aromatic N) is 4. The number of fused-ring (bicyclic) bond motifs is 1. The third kappa shape index (κ3) is 6.05. The second kappa shape index (κ2) is 11.5. The van der Waals surface area contributed by atoms with Gasteiger partial charge in [-0.2, -0.15) is 13.2 Å². The average Bonchev–Trinajstić information content (AvgIpc) is 3.68. The molecule has 1 atom stereocenters. The molecule has 0 spiro atoms. The van der Waals surface area contributed by atoms with Crippen LogP contribution in [0, 0.1) is 0 Å². The van der Waals surface area contributed by atoms with Crippen molar-refractivity contribution in [1.29, 1.82) is 0 Å². The lowest BCUT2D eigenvalue weighted by atomic mass is 10.0. The van der Waals surface area contributed by atoms with Gasteiger partial charge < -0.3 is 15.1 Å². The van der Waals surface area contributed by atoms with Crippen LogP contribution >= 0.6 is 0 Å². The minimum absolute atomic E-state index is 0.0187. The molecule has 2 aliphatic heterocycles. The van der Waals surface area contributed by atoms with Crippen LogP contribution in [0.15, 0.2) is 72.9 Å². The normalized spacial score (nSPS) is 17.8. The van der Waals surface area contributed by atoms with E-state index in [1.165, 1.54) is 25.0 Å². The lowest BCUT2D eigenvalue weighted by Crippen LogP contribution is -2.42. The van der Waals surface area contributed by atoms with Crippen LogP contribution in [0.1, 0.15) is 47.2 Å². The zero-order chi connectivity index (χ0) is 28.4. The Morgan fingerprint density at radius 2 is 1.76 bits per heavy atom. The second-order valence-electron chi connectivity index (χ2n) is 10.9. The number of alkyl halides is 3. The summed E-state index contributed by atoms with van der Waals surface area (Å²) in [4.78, 5) is 27.9. The molecule has 2 aliphatic rings. The molecular weight excluding hydrogens is 527 g/mol. The molecule has 0 bridgehead atoms. The highest BCUT2D eigenvalue weighted by Gasteiger charge is 2.33. The van der Waals surface area contributed by atoms with Crippen molar-refractivity contribution in [3.05, 3.63) is 89.6 Å². The van der Waals surface area contributed by atoms with Crippen molar-refractivity contribution in [3.8, 4) is 11.3 Å². The first-order valence-electron chi connectivity index (χ1n) is 14.1. The third-order valence-electron chi connectivity index (χ3n) is 8.06. The maximum Gasteiger partial charge on any atom is 0.416 e. The number of carbonyl (C=O) groups is 1. The van der Waals surface area contributed by atoms with Gasteiger partial charge in [0.25, 0.3) is 5.91 Å². The lowest BCUT2D eigenvalue weighted by Gasteiger charge is -2.29. The fraction of sp³-hybridized carbons (Fsp3) is 0.344. The molecule has 6 nitrogen and oxygen atoms in total. The molecule has 2 fully saturated rings. The van der Waals surface area contributed by atoms with Gasteiger partial charge >= 0.3 is 6.18 Å². The largest absolute Gasteiger partial charge is 0.416 e. The molecule has 4 aromatic rings. The zero-order valence-electron chi connectivity index (χ0n) is 22.7. The maximum absolute atomic E-state index is 14.2. The Bertz CT molecular complexity index is 1520. The number of aromatic nitrogens is 2. The van der Waals surface area contributed by atoms with Crippen molar-refractivity contribution in [2.24, 2.45) is 0 Å². The van der Waals surface area contributed by atoms with Crippen molar-refractivity contribution < 1.29 is 18.0 Å². The zero-order valence-corrected chi connectivity index (χ0v) is 22.7. The standard InChI is InChI=1S/C32H32F3N5O/c33-32(34,35)24-11-8-22(9-12-24)20-37-30-19-27(31(41)40-17-5-6-25(40)21-39-15-3-4-16-39)26-18-23(10-13-29(26)38-30)28-7-1-2-14-36-28/h1-2,7-14,18-19,25H,3-6,15-17,20-21H2,(H,37,38)/t25-/m0/s1. The van der Waals surface area contributed by atoms with E-state index in [4.69, 9.17) is 4.98 Å². The average molecular weight is 560 g/mol. The molecule has 4 heterocycles. The molecule has 0 aliphatic carbocycles. The summed E-state index contributed by atoms with van der Waals surface area (Å²) >= 11 is 0. The van der Waals surface area contributed by atoms with Gasteiger partial charge in [0.1, 0.15) is 5.82 Å². The highest BCUT2D eigenvalue weighted by Crippen LogP contribution is 2.31. The lowest BCUT2D eigenvalue weighted by molar-refractivity contribution is -0.137. The third-order valence-corrected chi connectivity index (χ3v) is 8.06. The number of hydrogen-bond donors (Lipinski definition) is 1. The van der Waals surface area contributed by atoms with E-state index in [2.05, 4.69) is 15.2 Å². The number of benzene rings is 2. The Balaban J connectivity index is 1.32. The van der Waals surface area contributed by atoms with Crippen LogP contribution in [0.3, 0.4) is 0 Å². The summed E-state index contributed by atoms with van der Waals surface area (Å²) in [6.45, 7) is 4.06. The summed E-state index contributed by atoms with van der Waals surface area (Å²) < 4.78 is 38.9. The van der Waals surface area contributed by atoms with Gasteiger partial charge in [0, 0.05) is 42.8 Å². The van der Waals surface area contributed by atoms with Crippen molar-refractivity contribution in [2.45, 2.75) is 44.4 Å². The summed E-state index contributed by atoms with van der Waals surface area (Å²) in [5.74, 6) is 0.483. The maximum atomic E-state index is 14.2. The van der Waals surface area contributed by atoms with Gasteiger partial charge in [-0.25, -0.2) is 4.98 Å². The van der Waals surface area contributed by atoms with Gasteiger partial charge in [-0.3, -0.25) is 9.78 Å². The summed E-state index contributed by atoms with van der Waals surface area (Å²) in [5, 5.41) is 3.98. The van der Waals surface area contributed by atoms with Crippen molar-refractivity contribution in [1.82, 2.24) is 19.8 Å². The smallest absolute Gasteiger partial charge is 0.366 e. The number of halogens is 3. The number of amides is 1. The van der Waals surface area contributed by atoms with Gasteiger partial charge in [-0.1, -0.05) is 24.3 Å². The van der Waals surface area contributed by atoms with E-state index in [1.807, 2.05) is 41.3 Å². The summed E-state index contributed by atoms with van der Waals surface area (Å²) in [6.07, 6.45) is 1.75. The molecule has 1 amide bonds. The van der Waals surface area contributed by atoms with E-state index in [0.29, 0.717) is 22.5 Å². The van der Waals surface area contributed by atoms with E-state index >= 15 is 0 Å². The minimum Gasteiger partial charge on any atom is -0.366 e. The van der Waals surface area contributed by atoms with Gasteiger partial charge in [0.2, 0.25) is 0 Å². The molecule has 2 aromatic heterocycles. The predicted molar refractivity (Wildman–Crippen MR) is 153 cm³/mol. The summed E-state index contributed by atoms with van der Waals surface area (Å²) in [5.41, 5.74) is 2.94. The SMILES string of the molecule is O=C(c1cc(NCc2ccc(C(F)(F)F)cc2)nc2ccc(-c3ccccn3)cc12)N1CCC[C@H]1CN1CCCC1. The van der Waals surface area contributed by atoms with Crippen LogP contribution < -0.4 is 5.32 Å². The summed E-state index contributed by atoms with van der Waals surface area (Å²) in [6, 6.07) is 18.6. The topological polar surface area (TPSA) is 61.4 Å². The first-order chi connectivity index (χ1) is 19.8. The van der Waals surface area contributed by atoms with E-state index in [0.717, 1.165) is 67.8 Å². The monoisotopic (exact) mass is 559 g/mol. The number of nitrogens with one attached hydrogen (secondary N) is 1. The number of pyridine rings is 2. The molecule has 6 rings (SSSR count). The fourth-order valence-corrected chi connectivity index (χ4v) is 5.90. The quantitative estimate of drug-likeness (QED) is 0.276.